The summed E-state index contributed by atoms with van der Waals surface area (Å²) in [5.41, 5.74) is 6.58. The molecule has 2 nitrogen and oxygen atoms in total. The van der Waals surface area contributed by atoms with Crippen LogP contribution in [0.15, 0.2) is 0 Å². The fraction of sp³-hybridized carbons (Fsp3) is 1.00. The second-order valence-electron chi connectivity index (χ2n) is 4.44. The van der Waals surface area contributed by atoms with Crippen molar-refractivity contribution in [1.82, 2.24) is 4.90 Å². The number of nitrogens with two attached hydrogens (primary N) is 1. The van der Waals surface area contributed by atoms with E-state index < -0.39 is 0 Å². The molecule has 0 aromatic rings. The van der Waals surface area contributed by atoms with Crippen molar-refractivity contribution in [1.29, 1.82) is 0 Å². The van der Waals surface area contributed by atoms with Crippen LogP contribution >= 0.6 is 0 Å². The lowest BCUT2D eigenvalue weighted by atomic mass is 9.84. The summed E-state index contributed by atoms with van der Waals surface area (Å²) < 4.78 is 0. The highest BCUT2D eigenvalue weighted by Gasteiger charge is 2.43. The van der Waals surface area contributed by atoms with Crippen molar-refractivity contribution in [3.05, 3.63) is 0 Å². The number of rotatable bonds is 2. The first-order valence-corrected chi connectivity index (χ1v) is 5.26. The van der Waals surface area contributed by atoms with E-state index in [-0.39, 0.29) is 5.54 Å². The summed E-state index contributed by atoms with van der Waals surface area (Å²) in [5.74, 6) is 0.872. The van der Waals surface area contributed by atoms with Crippen molar-refractivity contribution in [3.63, 3.8) is 0 Å². The third kappa shape index (κ3) is 1.50. The molecule has 0 bridgehead atoms. The van der Waals surface area contributed by atoms with Crippen LogP contribution in [0.25, 0.3) is 0 Å². The minimum absolute atomic E-state index is 0.228. The van der Waals surface area contributed by atoms with Gasteiger partial charge in [-0.05, 0) is 51.2 Å². The van der Waals surface area contributed by atoms with E-state index in [1.807, 2.05) is 0 Å². The van der Waals surface area contributed by atoms with Gasteiger partial charge in [0, 0.05) is 5.54 Å². The summed E-state index contributed by atoms with van der Waals surface area (Å²) >= 11 is 0. The summed E-state index contributed by atoms with van der Waals surface area (Å²) in [7, 11) is 0. The second kappa shape index (κ2) is 3.00. The molecule has 2 heteroatoms. The van der Waals surface area contributed by atoms with Gasteiger partial charge in [-0.15, -0.1) is 0 Å². The molecule has 1 saturated heterocycles. The van der Waals surface area contributed by atoms with Crippen LogP contribution in [-0.4, -0.2) is 30.1 Å². The zero-order valence-electron chi connectivity index (χ0n) is 8.05. The maximum absolute atomic E-state index is 6.35. The van der Waals surface area contributed by atoms with Crippen molar-refractivity contribution < 1.29 is 0 Å². The zero-order valence-corrected chi connectivity index (χ0v) is 8.05. The van der Waals surface area contributed by atoms with Crippen LogP contribution in [0.3, 0.4) is 0 Å². The predicted molar refractivity (Wildman–Crippen MR) is 51.0 cm³/mol. The van der Waals surface area contributed by atoms with Gasteiger partial charge in [0.15, 0.2) is 0 Å². The Morgan fingerprint density at radius 2 is 1.92 bits per heavy atom. The smallest absolute Gasteiger partial charge is 0.0207 e. The molecule has 2 N–H and O–H groups in total. The Morgan fingerprint density at radius 3 is 2.33 bits per heavy atom. The molecule has 0 spiro atoms. The first-order chi connectivity index (χ1) is 5.74. The van der Waals surface area contributed by atoms with E-state index in [1.54, 1.807) is 0 Å². The van der Waals surface area contributed by atoms with Crippen LogP contribution in [0.1, 0.15) is 32.6 Å². The highest BCUT2D eigenvalue weighted by Crippen LogP contribution is 2.43. The molecular weight excluding hydrogens is 148 g/mol. The van der Waals surface area contributed by atoms with Crippen LogP contribution in [0.2, 0.25) is 0 Å². The summed E-state index contributed by atoms with van der Waals surface area (Å²) in [6.45, 7) is 5.88. The number of likely N-dealkylation sites (tertiary alicyclic amines) is 1. The van der Waals surface area contributed by atoms with Gasteiger partial charge in [0.05, 0.1) is 0 Å². The Balaban J connectivity index is 1.87. The summed E-state index contributed by atoms with van der Waals surface area (Å²) in [4.78, 5) is 2.51. The van der Waals surface area contributed by atoms with E-state index >= 15 is 0 Å². The van der Waals surface area contributed by atoms with Crippen LogP contribution in [0.4, 0.5) is 0 Å². The molecule has 1 aliphatic heterocycles. The van der Waals surface area contributed by atoms with E-state index in [4.69, 9.17) is 5.73 Å². The Labute approximate surface area is 75.1 Å². The van der Waals surface area contributed by atoms with Crippen molar-refractivity contribution in [3.8, 4) is 0 Å². The molecule has 1 aliphatic carbocycles. The molecule has 0 atom stereocenters. The van der Waals surface area contributed by atoms with E-state index in [2.05, 4.69) is 11.8 Å². The number of hydrogen-bond donors (Lipinski definition) is 1. The Kier molecular flexibility index (Phi) is 2.13. The van der Waals surface area contributed by atoms with Crippen LogP contribution in [0, 0.1) is 5.92 Å². The van der Waals surface area contributed by atoms with E-state index in [0.717, 1.165) is 5.92 Å². The highest BCUT2D eigenvalue weighted by molar-refractivity contribution is 5.01. The maximum atomic E-state index is 6.35. The predicted octanol–water partition coefficient (Wildman–Crippen LogP) is 1.21. The first kappa shape index (κ1) is 8.52. The van der Waals surface area contributed by atoms with Gasteiger partial charge >= 0.3 is 0 Å². The molecule has 70 valence electrons. The van der Waals surface area contributed by atoms with E-state index in [1.165, 1.54) is 45.3 Å². The van der Waals surface area contributed by atoms with Gasteiger partial charge in [0.25, 0.3) is 0 Å². The minimum Gasteiger partial charge on any atom is -0.325 e. The topological polar surface area (TPSA) is 29.3 Å². The van der Waals surface area contributed by atoms with E-state index in [9.17, 15) is 0 Å². The van der Waals surface area contributed by atoms with Crippen molar-refractivity contribution in [2.75, 3.05) is 19.6 Å². The third-order valence-electron chi connectivity index (χ3n) is 3.62. The second-order valence-corrected chi connectivity index (χ2v) is 4.44. The molecule has 12 heavy (non-hydrogen) atoms. The zero-order chi connectivity index (χ0) is 8.60. The van der Waals surface area contributed by atoms with Gasteiger partial charge in [0.2, 0.25) is 0 Å². The Hall–Kier alpha value is -0.0800. The average molecular weight is 168 g/mol. The summed E-state index contributed by atoms with van der Waals surface area (Å²) in [6, 6.07) is 0. The maximum Gasteiger partial charge on any atom is 0.0207 e. The monoisotopic (exact) mass is 168 g/mol. The van der Waals surface area contributed by atoms with Crippen LogP contribution < -0.4 is 5.73 Å². The fourth-order valence-corrected chi connectivity index (χ4v) is 2.35. The van der Waals surface area contributed by atoms with Gasteiger partial charge in [-0.1, -0.05) is 6.92 Å². The average Bonchev–Trinajstić information content (AvgIpc) is 2.88. The lowest BCUT2D eigenvalue weighted by molar-refractivity contribution is 0.153. The molecule has 1 heterocycles. The number of hydrogen-bond acceptors (Lipinski definition) is 2. The van der Waals surface area contributed by atoms with Gasteiger partial charge in [-0.3, -0.25) is 0 Å². The normalized spacial score (nSPS) is 30.5. The molecule has 0 aromatic carbocycles. The summed E-state index contributed by atoms with van der Waals surface area (Å²) in [6.07, 6.45) is 5.24. The number of piperidine rings is 1. The highest BCUT2D eigenvalue weighted by atomic mass is 15.1. The molecule has 2 rings (SSSR count). The van der Waals surface area contributed by atoms with Gasteiger partial charge in [0.1, 0.15) is 0 Å². The SMILES string of the molecule is CCN1CCC(N)(C2CC2)CC1. The van der Waals surface area contributed by atoms with Crippen molar-refractivity contribution in [2.24, 2.45) is 11.7 Å². The van der Waals surface area contributed by atoms with Crippen LogP contribution in [0.5, 0.6) is 0 Å². The van der Waals surface area contributed by atoms with Crippen molar-refractivity contribution in [2.45, 2.75) is 38.1 Å². The molecule has 2 fully saturated rings. The molecule has 0 radical (unpaired) electrons. The Bertz CT molecular complexity index is 155. The standard InChI is InChI=1S/C10H20N2/c1-2-12-7-5-10(11,6-8-12)9-3-4-9/h9H,2-8,11H2,1H3. The first-order valence-electron chi connectivity index (χ1n) is 5.26. The lowest BCUT2D eigenvalue weighted by Crippen LogP contribution is -2.51. The molecule has 0 aromatic heterocycles. The Morgan fingerprint density at radius 1 is 1.33 bits per heavy atom. The molecular formula is C10H20N2. The van der Waals surface area contributed by atoms with Crippen molar-refractivity contribution >= 4 is 0 Å². The largest absolute Gasteiger partial charge is 0.325 e. The quantitative estimate of drug-likeness (QED) is 0.671. The molecule has 2 aliphatic rings. The fourth-order valence-electron chi connectivity index (χ4n) is 2.35. The van der Waals surface area contributed by atoms with Gasteiger partial charge in [-0.2, -0.15) is 0 Å². The van der Waals surface area contributed by atoms with Gasteiger partial charge in [-0.25, -0.2) is 0 Å². The minimum atomic E-state index is 0.228. The molecule has 1 saturated carbocycles. The molecule has 0 amide bonds. The van der Waals surface area contributed by atoms with Crippen LogP contribution in [-0.2, 0) is 0 Å². The summed E-state index contributed by atoms with van der Waals surface area (Å²) in [5, 5.41) is 0. The number of nitrogens with zero attached hydrogens (tertiary/aromatic N) is 1. The molecule has 0 unspecified atom stereocenters. The lowest BCUT2D eigenvalue weighted by Gasteiger charge is -2.39. The third-order valence-corrected chi connectivity index (χ3v) is 3.62. The van der Waals surface area contributed by atoms with Gasteiger partial charge < -0.3 is 10.6 Å². The van der Waals surface area contributed by atoms with E-state index in [0.29, 0.717) is 0 Å².